The number of amides is 2. The van der Waals surface area contributed by atoms with Crippen LogP contribution in [0.1, 0.15) is 22.3 Å². The Morgan fingerprint density at radius 3 is 1.16 bits per heavy atom. The maximum absolute atomic E-state index is 13.7. The largest absolute Gasteiger partial charge is 0.492 e. The van der Waals surface area contributed by atoms with Gasteiger partial charge >= 0.3 is 0 Å². The van der Waals surface area contributed by atoms with Gasteiger partial charge in [0.1, 0.15) is 0 Å². The molecule has 2 amide bonds. The van der Waals surface area contributed by atoms with Crippen LogP contribution in [0, 0.1) is 0 Å². The molecule has 0 bridgehead atoms. The third-order valence-corrected chi connectivity index (χ3v) is 7.40. The first-order valence-electron chi connectivity index (χ1n) is 11.7. The molecule has 0 saturated carbocycles. The van der Waals surface area contributed by atoms with Crippen molar-refractivity contribution in [2.24, 2.45) is 0 Å². The molecule has 5 rings (SSSR count). The molecule has 0 fully saturated rings. The van der Waals surface area contributed by atoms with Crippen LogP contribution in [0.3, 0.4) is 0 Å². The zero-order valence-corrected chi connectivity index (χ0v) is 21.9. The molecule has 3 aromatic rings. The molecule has 0 aliphatic carbocycles. The Kier molecular flexibility index (Phi) is 5.77. The van der Waals surface area contributed by atoms with E-state index in [2.05, 4.69) is 0 Å². The van der Waals surface area contributed by atoms with Crippen molar-refractivity contribution in [3.8, 4) is 23.0 Å². The highest BCUT2D eigenvalue weighted by molar-refractivity contribution is 6.12. The quantitative estimate of drug-likeness (QED) is 0.508. The lowest BCUT2D eigenvalue weighted by Crippen LogP contribution is -2.42. The van der Waals surface area contributed by atoms with Gasteiger partial charge in [-0.1, -0.05) is 36.4 Å². The third-order valence-electron chi connectivity index (χ3n) is 7.40. The first-order chi connectivity index (χ1) is 18.1. The van der Waals surface area contributed by atoms with Gasteiger partial charge in [-0.15, -0.1) is 0 Å². The van der Waals surface area contributed by atoms with Crippen molar-refractivity contribution in [2.45, 2.75) is 11.2 Å². The van der Waals surface area contributed by atoms with E-state index in [-0.39, 0.29) is 34.1 Å². The number of nitrogens with zero attached hydrogens (tertiary/aromatic N) is 2. The number of ether oxygens (including phenoxy) is 4. The topological polar surface area (TPSA) is 118 Å². The van der Waals surface area contributed by atoms with Crippen molar-refractivity contribution in [1.29, 1.82) is 0 Å². The summed E-state index contributed by atoms with van der Waals surface area (Å²) in [6, 6.07) is 13.6. The second kappa shape index (κ2) is 8.64. The number of hydrogen-bond acceptors (Lipinski definition) is 8. The van der Waals surface area contributed by atoms with E-state index < -0.39 is 23.0 Å². The molecule has 10 heteroatoms. The Bertz CT molecular complexity index is 1340. The van der Waals surface area contributed by atoms with Crippen LogP contribution in [0.5, 0.6) is 23.0 Å². The molecule has 2 N–H and O–H groups in total. The normalized spacial score (nSPS) is 21.9. The molecule has 0 saturated heterocycles. The second-order valence-electron chi connectivity index (χ2n) is 9.07. The fourth-order valence-electron chi connectivity index (χ4n) is 5.66. The van der Waals surface area contributed by atoms with Gasteiger partial charge in [0, 0.05) is 25.2 Å². The lowest BCUT2D eigenvalue weighted by atomic mass is 9.80. The van der Waals surface area contributed by atoms with E-state index in [0.29, 0.717) is 22.5 Å². The Labute approximate surface area is 219 Å². The first kappa shape index (κ1) is 25.4. The van der Waals surface area contributed by atoms with E-state index in [1.54, 1.807) is 62.6 Å². The van der Waals surface area contributed by atoms with E-state index in [1.807, 2.05) is 0 Å². The molecule has 2 heterocycles. The summed E-state index contributed by atoms with van der Waals surface area (Å²) in [6.07, 6.45) is 0. The molecule has 38 heavy (non-hydrogen) atoms. The van der Waals surface area contributed by atoms with Crippen molar-refractivity contribution < 1.29 is 38.7 Å². The maximum Gasteiger partial charge on any atom is 0.268 e. The smallest absolute Gasteiger partial charge is 0.268 e. The van der Waals surface area contributed by atoms with Crippen LogP contribution in [0.4, 0.5) is 11.4 Å². The van der Waals surface area contributed by atoms with Crippen LogP contribution in [0.15, 0.2) is 48.5 Å². The minimum Gasteiger partial charge on any atom is -0.492 e. The van der Waals surface area contributed by atoms with Crippen LogP contribution < -0.4 is 28.7 Å². The number of methoxy groups -OCH3 is 4. The predicted molar refractivity (Wildman–Crippen MR) is 138 cm³/mol. The average Bonchev–Trinajstić information content (AvgIpc) is 3.27. The van der Waals surface area contributed by atoms with Crippen molar-refractivity contribution in [1.82, 2.24) is 0 Å². The first-order valence-corrected chi connectivity index (χ1v) is 11.7. The predicted octanol–water partition coefficient (Wildman–Crippen LogP) is 2.15. The highest BCUT2D eigenvalue weighted by Gasteiger charge is 2.58. The van der Waals surface area contributed by atoms with E-state index in [9.17, 15) is 19.8 Å². The molecule has 2 aliphatic heterocycles. The van der Waals surface area contributed by atoms with Crippen molar-refractivity contribution >= 4 is 23.2 Å². The van der Waals surface area contributed by atoms with Gasteiger partial charge in [-0.3, -0.25) is 9.59 Å². The van der Waals surface area contributed by atoms with Gasteiger partial charge in [0.15, 0.2) is 23.0 Å². The van der Waals surface area contributed by atoms with Gasteiger partial charge in [-0.2, -0.15) is 0 Å². The number of anilines is 2. The fraction of sp³-hybridized carbons (Fsp3) is 0.286. The van der Waals surface area contributed by atoms with Crippen LogP contribution >= 0.6 is 0 Å². The summed E-state index contributed by atoms with van der Waals surface area (Å²) >= 11 is 0. The highest BCUT2D eigenvalue weighted by Crippen LogP contribution is 2.61. The summed E-state index contributed by atoms with van der Waals surface area (Å²) < 4.78 is 23.0. The Balaban J connectivity index is 1.94. The van der Waals surface area contributed by atoms with E-state index in [0.717, 1.165) is 0 Å². The minimum absolute atomic E-state index is 0.0857. The molecule has 0 unspecified atom stereocenters. The molecular weight excluding hydrogens is 492 g/mol. The average molecular weight is 521 g/mol. The number of carbonyl (C=O) groups excluding carboxylic acids is 2. The zero-order chi connectivity index (χ0) is 27.6. The summed E-state index contributed by atoms with van der Waals surface area (Å²) in [6.45, 7) is 0. The molecule has 0 aromatic heterocycles. The minimum atomic E-state index is -2.27. The zero-order valence-electron chi connectivity index (χ0n) is 21.9. The van der Waals surface area contributed by atoms with Crippen molar-refractivity contribution in [3.63, 3.8) is 0 Å². The fourth-order valence-corrected chi connectivity index (χ4v) is 5.66. The number of aliphatic hydroxyl groups is 2. The lowest BCUT2D eigenvalue weighted by Gasteiger charge is -2.33. The van der Waals surface area contributed by atoms with Crippen molar-refractivity contribution in [2.75, 3.05) is 52.3 Å². The number of fused-ring (bicyclic) bond motifs is 2. The highest BCUT2D eigenvalue weighted by atomic mass is 16.5. The molecule has 2 aliphatic rings. The number of carbonyl (C=O) groups is 2. The van der Waals surface area contributed by atoms with Crippen molar-refractivity contribution in [3.05, 3.63) is 70.8 Å². The van der Waals surface area contributed by atoms with Crippen LogP contribution in [-0.4, -0.2) is 64.6 Å². The van der Waals surface area contributed by atoms with E-state index in [4.69, 9.17) is 18.9 Å². The summed E-state index contributed by atoms with van der Waals surface area (Å²) in [5.41, 5.74) is -3.13. The Morgan fingerprint density at radius 1 is 0.579 bits per heavy atom. The van der Waals surface area contributed by atoms with E-state index in [1.165, 1.54) is 38.2 Å². The third kappa shape index (κ3) is 2.89. The van der Waals surface area contributed by atoms with Gasteiger partial charge in [0.25, 0.3) is 11.8 Å². The molecule has 10 nitrogen and oxygen atoms in total. The number of hydrogen-bond donors (Lipinski definition) is 2. The molecule has 2 atom stereocenters. The lowest BCUT2D eigenvalue weighted by molar-refractivity contribution is -0.133. The molecular formula is C28H28N2O8. The summed E-state index contributed by atoms with van der Waals surface area (Å²) in [7, 11) is 8.42. The van der Waals surface area contributed by atoms with Crippen LogP contribution in [-0.2, 0) is 20.8 Å². The molecule has 3 aromatic carbocycles. The number of likely N-dealkylation sites (N-methyl/N-ethyl adjacent to an activating group) is 2. The Hall–Kier alpha value is -4.28. The second-order valence-corrected chi connectivity index (χ2v) is 9.07. The van der Waals surface area contributed by atoms with Gasteiger partial charge in [-0.25, -0.2) is 0 Å². The van der Waals surface area contributed by atoms with Crippen LogP contribution in [0.25, 0.3) is 0 Å². The van der Waals surface area contributed by atoms with Gasteiger partial charge < -0.3 is 39.0 Å². The SMILES string of the molecule is COc1c(OC)c([C@@]2(O)C(=O)N(C)c3ccccc32)c(OC)c(OC)c1[C@@]1(O)C(=O)N(C)c2ccccc21. The standard InChI is InChI=1S/C28H28N2O8/c1-29-17-13-9-7-11-15(17)27(33,25(29)31)19-21(35-3)23(37-5)20(24(38-6)22(19)36-4)28(34)16-12-8-10-14-18(16)30(2)26(28)32/h7-14,33-34H,1-6H3/t27-,28-/m1/s1. The maximum atomic E-state index is 13.7. The molecule has 0 radical (unpaired) electrons. The molecule has 0 spiro atoms. The Morgan fingerprint density at radius 2 is 0.868 bits per heavy atom. The number of para-hydroxylation sites is 2. The summed E-state index contributed by atoms with van der Waals surface area (Å²) in [5.74, 6) is -1.73. The monoisotopic (exact) mass is 520 g/mol. The summed E-state index contributed by atoms with van der Waals surface area (Å²) in [4.78, 5) is 30.0. The van der Waals surface area contributed by atoms with Crippen LogP contribution in [0.2, 0.25) is 0 Å². The van der Waals surface area contributed by atoms with Gasteiger partial charge in [0.2, 0.25) is 11.2 Å². The van der Waals surface area contributed by atoms with Gasteiger partial charge in [0.05, 0.1) is 50.9 Å². The molecule has 198 valence electrons. The number of benzene rings is 3. The van der Waals surface area contributed by atoms with Gasteiger partial charge in [-0.05, 0) is 12.1 Å². The van der Waals surface area contributed by atoms with E-state index >= 15 is 0 Å². The number of rotatable bonds is 6. The summed E-state index contributed by atoms with van der Waals surface area (Å²) in [5, 5.41) is 24.4.